The van der Waals surface area contributed by atoms with Gasteiger partial charge in [0, 0.05) is 6.04 Å². The number of carbonyl (C=O) groups excluding carboxylic acids is 1. The van der Waals surface area contributed by atoms with Crippen LogP contribution in [0, 0.1) is 0 Å². The molecule has 3 nitrogen and oxygen atoms in total. The highest BCUT2D eigenvalue weighted by Crippen LogP contribution is 2.25. The SMILES string of the molecule is CCCCC(CCC)N1C(=O)C(CCC)NC1CCC. The fourth-order valence-corrected chi connectivity index (χ4v) is 3.34. The highest BCUT2D eigenvalue weighted by molar-refractivity contribution is 5.84. The van der Waals surface area contributed by atoms with E-state index in [4.69, 9.17) is 0 Å². The zero-order valence-corrected chi connectivity index (χ0v) is 14.0. The Labute approximate surface area is 125 Å². The van der Waals surface area contributed by atoms with E-state index >= 15 is 0 Å². The first-order valence-electron chi connectivity index (χ1n) is 8.77. The van der Waals surface area contributed by atoms with Crippen molar-refractivity contribution in [2.75, 3.05) is 0 Å². The molecule has 1 heterocycles. The molecule has 0 spiro atoms. The molecule has 0 bridgehead atoms. The Morgan fingerprint density at radius 3 is 2.25 bits per heavy atom. The van der Waals surface area contributed by atoms with E-state index < -0.39 is 0 Å². The average molecular weight is 282 g/mol. The van der Waals surface area contributed by atoms with Gasteiger partial charge in [-0.25, -0.2) is 0 Å². The monoisotopic (exact) mass is 282 g/mol. The molecule has 3 unspecified atom stereocenters. The molecule has 1 N–H and O–H groups in total. The molecule has 20 heavy (non-hydrogen) atoms. The van der Waals surface area contributed by atoms with Crippen molar-refractivity contribution in [3.05, 3.63) is 0 Å². The number of amides is 1. The molecule has 1 fully saturated rings. The van der Waals surface area contributed by atoms with Gasteiger partial charge in [-0.2, -0.15) is 0 Å². The van der Waals surface area contributed by atoms with Gasteiger partial charge in [-0.3, -0.25) is 10.1 Å². The summed E-state index contributed by atoms with van der Waals surface area (Å²) in [6.07, 6.45) is 10.4. The minimum atomic E-state index is 0.0672. The second-order valence-electron chi connectivity index (χ2n) is 6.14. The van der Waals surface area contributed by atoms with E-state index in [1.807, 2.05) is 0 Å². The number of rotatable bonds is 10. The largest absolute Gasteiger partial charge is 0.323 e. The molecule has 1 saturated heterocycles. The summed E-state index contributed by atoms with van der Waals surface area (Å²) in [4.78, 5) is 14.9. The van der Waals surface area contributed by atoms with Gasteiger partial charge in [0.15, 0.2) is 0 Å². The van der Waals surface area contributed by atoms with Crippen molar-refractivity contribution < 1.29 is 4.79 Å². The first kappa shape index (κ1) is 17.5. The molecular weight excluding hydrogens is 248 g/mol. The second-order valence-corrected chi connectivity index (χ2v) is 6.14. The molecule has 1 aliphatic rings. The number of carbonyl (C=O) groups is 1. The topological polar surface area (TPSA) is 32.3 Å². The van der Waals surface area contributed by atoms with E-state index in [1.165, 1.54) is 12.8 Å². The van der Waals surface area contributed by atoms with Gasteiger partial charge in [0.1, 0.15) is 0 Å². The van der Waals surface area contributed by atoms with Crippen LogP contribution in [0.2, 0.25) is 0 Å². The Hall–Kier alpha value is -0.570. The van der Waals surface area contributed by atoms with Crippen molar-refractivity contribution in [2.24, 2.45) is 0 Å². The smallest absolute Gasteiger partial charge is 0.241 e. The summed E-state index contributed by atoms with van der Waals surface area (Å²) in [5, 5.41) is 3.58. The maximum absolute atomic E-state index is 12.7. The Bertz CT molecular complexity index is 280. The third-order valence-corrected chi connectivity index (χ3v) is 4.33. The van der Waals surface area contributed by atoms with Crippen LogP contribution in [-0.2, 0) is 4.79 Å². The van der Waals surface area contributed by atoms with E-state index in [1.54, 1.807) is 0 Å². The first-order valence-corrected chi connectivity index (χ1v) is 8.77. The van der Waals surface area contributed by atoms with Crippen LogP contribution in [0.1, 0.15) is 85.5 Å². The second kappa shape index (κ2) is 9.38. The molecule has 0 aromatic heterocycles. The molecule has 0 saturated carbocycles. The lowest BCUT2D eigenvalue weighted by molar-refractivity contribution is -0.132. The van der Waals surface area contributed by atoms with E-state index in [0.717, 1.165) is 44.9 Å². The van der Waals surface area contributed by atoms with Crippen molar-refractivity contribution in [1.29, 1.82) is 0 Å². The van der Waals surface area contributed by atoms with Crippen molar-refractivity contribution in [3.8, 4) is 0 Å². The fourth-order valence-electron chi connectivity index (χ4n) is 3.34. The summed E-state index contributed by atoms with van der Waals surface area (Å²) < 4.78 is 0. The molecule has 1 amide bonds. The average Bonchev–Trinajstić information content (AvgIpc) is 2.72. The maximum Gasteiger partial charge on any atom is 0.241 e. The molecule has 3 heteroatoms. The number of nitrogens with zero attached hydrogens (tertiary/aromatic N) is 1. The molecule has 3 atom stereocenters. The Morgan fingerprint density at radius 2 is 1.70 bits per heavy atom. The van der Waals surface area contributed by atoms with Crippen LogP contribution < -0.4 is 5.32 Å². The number of hydrogen-bond acceptors (Lipinski definition) is 2. The van der Waals surface area contributed by atoms with Crippen LogP contribution in [0.3, 0.4) is 0 Å². The van der Waals surface area contributed by atoms with Crippen molar-refractivity contribution in [3.63, 3.8) is 0 Å². The molecule has 0 aromatic rings. The quantitative estimate of drug-likeness (QED) is 0.655. The van der Waals surface area contributed by atoms with Gasteiger partial charge in [0.05, 0.1) is 12.2 Å². The Balaban J connectivity index is 2.79. The predicted octanol–water partition coefficient (Wildman–Crippen LogP) is 4.07. The zero-order chi connectivity index (χ0) is 15.0. The summed E-state index contributed by atoms with van der Waals surface area (Å²) in [5.41, 5.74) is 0. The third-order valence-electron chi connectivity index (χ3n) is 4.33. The zero-order valence-electron chi connectivity index (χ0n) is 14.0. The lowest BCUT2D eigenvalue weighted by Crippen LogP contribution is -2.44. The summed E-state index contributed by atoms with van der Waals surface area (Å²) in [6.45, 7) is 8.83. The molecule has 118 valence electrons. The molecule has 0 radical (unpaired) electrons. The fraction of sp³-hybridized carbons (Fsp3) is 0.941. The highest BCUT2D eigenvalue weighted by Gasteiger charge is 2.40. The van der Waals surface area contributed by atoms with Gasteiger partial charge in [0.25, 0.3) is 0 Å². The van der Waals surface area contributed by atoms with Gasteiger partial charge in [-0.15, -0.1) is 0 Å². The molecule has 0 aromatic carbocycles. The van der Waals surface area contributed by atoms with Gasteiger partial charge in [0.2, 0.25) is 5.91 Å². The molecule has 0 aliphatic carbocycles. The standard InChI is InChI=1S/C17H34N2O/c1-5-9-13-14(10-6-2)19-16(12-8-4)18-15(11-7-3)17(19)20/h14-16,18H,5-13H2,1-4H3. The van der Waals surface area contributed by atoms with Crippen LogP contribution in [0.15, 0.2) is 0 Å². The van der Waals surface area contributed by atoms with Gasteiger partial charge in [-0.1, -0.05) is 59.8 Å². The third kappa shape index (κ3) is 4.47. The van der Waals surface area contributed by atoms with Gasteiger partial charge in [-0.05, 0) is 25.7 Å². The Kier molecular flexibility index (Phi) is 8.20. The molecule has 1 aliphatic heterocycles. The summed E-state index contributed by atoms with van der Waals surface area (Å²) in [6, 6.07) is 0.510. The van der Waals surface area contributed by atoms with Crippen LogP contribution in [0.5, 0.6) is 0 Å². The highest BCUT2D eigenvalue weighted by atomic mass is 16.2. The van der Waals surface area contributed by atoms with Gasteiger partial charge < -0.3 is 4.90 Å². The lowest BCUT2D eigenvalue weighted by Gasteiger charge is -2.33. The Morgan fingerprint density at radius 1 is 1.00 bits per heavy atom. The maximum atomic E-state index is 12.7. The number of unbranched alkanes of at least 4 members (excludes halogenated alkanes) is 1. The predicted molar refractivity (Wildman–Crippen MR) is 85.6 cm³/mol. The number of nitrogens with one attached hydrogen (secondary N) is 1. The first-order chi connectivity index (χ1) is 9.69. The minimum absolute atomic E-state index is 0.0672. The van der Waals surface area contributed by atoms with Crippen LogP contribution in [-0.4, -0.2) is 29.1 Å². The van der Waals surface area contributed by atoms with Crippen molar-refractivity contribution in [2.45, 2.75) is 104 Å². The number of hydrogen-bond donors (Lipinski definition) is 1. The summed E-state index contributed by atoms with van der Waals surface area (Å²) >= 11 is 0. The van der Waals surface area contributed by atoms with Gasteiger partial charge >= 0.3 is 0 Å². The van der Waals surface area contributed by atoms with E-state index in [0.29, 0.717) is 11.9 Å². The van der Waals surface area contributed by atoms with E-state index in [-0.39, 0.29) is 12.2 Å². The van der Waals surface area contributed by atoms with E-state index in [2.05, 4.69) is 37.9 Å². The van der Waals surface area contributed by atoms with Crippen LogP contribution in [0.25, 0.3) is 0 Å². The normalized spacial score (nSPS) is 24.4. The van der Waals surface area contributed by atoms with Crippen molar-refractivity contribution in [1.82, 2.24) is 10.2 Å². The van der Waals surface area contributed by atoms with E-state index in [9.17, 15) is 4.79 Å². The summed E-state index contributed by atoms with van der Waals surface area (Å²) in [5.74, 6) is 0.361. The van der Waals surface area contributed by atoms with Crippen molar-refractivity contribution >= 4 is 5.91 Å². The minimum Gasteiger partial charge on any atom is -0.323 e. The van der Waals surface area contributed by atoms with Crippen LogP contribution >= 0.6 is 0 Å². The lowest BCUT2D eigenvalue weighted by atomic mass is 10.0. The molecule has 1 rings (SSSR count). The van der Waals surface area contributed by atoms with Crippen LogP contribution in [0.4, 0.5) is 0 Å². The molecular formula is C17H34N2O. The summed E-state index contributed by atoms with van der Waals surface area (Å²) in [7, 11) is 0.